The third-order valence-corrected chi connectivity index (χ3v) is 3.27. The number of rotatable bonds is 7. The highest BCUT2D eigenvalue weighted by Gasteiger charge is 2.05. The van der Waals surface area contributed by atoms with E-state index < -0.39 is 0 Å². The zero-order valence-electron chi connectivity index (χ0n) is 8.78. The largest absolute Gasteiger partial charge is 0.0891 e. The van der Waals surface area contributed by atoms with Crippen LogP contribution < -0.4 is 0 Å². The van der Waals surface area contributed by atoms with Crippen molar-refractivity contribution in [2.24, 2.45) is 5.92 Å². The summed E-state index contributed by atoms with van der Waals surface area (Å²) >= 11 is 3.72. The summed E-state index contributed by atoms with van der Waals surface area (Å²) in [5, 5.41) is 0. The van der Waals surface area contributed by atoms with Gasteiger partial charge in [0, 0.05) is 4.83 Å². The van der Waals surface area contributed by atoms with Gasteiger partial charge in [-0.25, -0.2) is 0 Å². The maximum absolute atomic E-state index is 3.72. The van der Waals surface area contributed by atoms with Gasteiger partial charge in [0.15, 0.2) is 0 Å². The first-order valence-electron chi connectivity index (χ1n) is 5.34. The third kappa shape index (κ3) is 7.15. The minimum atomic E-state index is 0.766. The fraction of sp³-hybridized carbons (Fsp3) is 1.00. The van der Waals surface area contributed by atoms with Crippen molar-refractivity contribution < 1.29 is 0 Å². The average Bonchev–Trinajstić information content (AvgIpc) is 2.02. The molecule has 0 amide bonds. The van der Waals surface area contributed by atoms with E-state index in [-0.39, 0.29) is 0 Å². The molecule has 0 radical (unpaired) electrons. The molecule has 0 heterocycles. The molecule has 0 bridgehead atoms. The fourth-order valence-electron chi connectivity index (χ4n) is 1.56. The number of hydrogen-bond donors (Lipinski definition) is 0. The molecular formula is C11H23Br. The van der Waals surface area contributed by atoms with Crippen molar-refractivity contribution >= 4 is 15.9 Å². The van der Waals surface area contributed by atoms with Crippen LogP contribution in [0.5, 0.6) is 0 Å². The lowest BCUT2D eigenvalue weighted by molar-refractivity contribution is 0.461. The lowest BCUT2D eigenvalue weighted by atomic mass is 9.98. The molecule has 0 aliphatic heterocycles. The van der Waals surface area contributed by atoms with Crippen molar-refractivity contribution in [2.45, 2.75) is 64.1 Å². The first-order valence-corrected chi connectivity index (χ1v) is 6.26. The molecule has 0 rings (SSSR count). The minimum absolute atomic E-state index is 0.766. The number of hydrogen-bond acceptors (Lipinski definition) is 0. The molecule has 1 heteroatoms. The monoisotopic (exact) mass is 234 g/mol. The number of alkyl halides is 1. The molecule has 0 spiro atoms. The second-order valence-corrected chi connectivity index (χ2v) is 5.15. The van der Waals surface area contributed by atoms with Crippen molar-refractivity contribution in [3.8, 4) is 0 Å². The Labute approximate surface area is 86.3 Å². The van der Waals surface area contributed by atoms with E-state index in [1.54, 1.807) is 0 Å². The van der Waals surface area contributed by atoms with Gasteiger partial charge in [-0.2, -0.15) is 0 Å². The van der Waals surface area contributed by atoms with Crippen LogP contribution in [0.25, 0.3) is 0 Å². The molecule has 0 aromatic heterocycles. The normalized spacial score (nSPS) is 16.0. The van der Waals surface area contributed by atoms with Gasteiger partial charge < -0.3 is 0 Å². The second kappa shape index (κ2) is 8.10. The van der Waals surface area contributed by atoms with Gasteiger partial charge in [-0.15, -0.1) is 0 Å². The predicted molar refractivity (Wildman–Crippen MR) is 60.9 cm³/mol. The summed E-state index contributed by atoms with van der Waals surface area (Å²) in [6.45, 7) is 6.90. The van der Waals surface area contributed by atoms with Crippen LogP contribution in [0.1, 0.15) is 59.3 Å². The first kappa shape index (κ1) is 12.5. The Kier molecular flexibility index (Phi) is 8.42. The summed E-state index contributed by atoms with van der Waals surface area (Å²) in [5.74, 6) is 0.923. The van der Waals surface area contributed by atoms with E-state index in [1.807, 2.05) is 0 Å². The van der Waals surface area contributed by atoms with Crippen LogP contribution in [-0.2, 0) is 0 Å². The summed E-state index contributed by atoms with van der Waals surface area (Å²) in [6, 6.07) is 0. The zero-order valence-corrected chi connectivity index (χ0v) is 10.4. The Morgan fingerprint density at radius 3 is 2.00 bits per heavy atom. The minimum Gasteiger partial charge on any atom is -0.0891 e. The predicted octanol–water partition coefficient (Wildman–Crippen LogP) is 4.77. The fourth-order valence-corrected chi connectivity index (χ4v) is 2.28. The molecule has 0 saturated carbocycles. The van der Waals surface area contributed by atoms with Crippen molar-refractivity contribution in [1.82, 2.24) is 0 Å². The van der Waals surface area contributed by atoms with E-state index in [9.17, 15) is 0 Å². The van der Waals surface area contributed by atoms with Crippen molar-refractivity contribution in [1.29, 1.82) is 0 Å². The maximum atomic E-state index is 3.72. The van der Waals surface area contributed by atoms with Gasteiger partial charge in [-0.3, -0.25) is 0 Å². The Balaban J connectivity index is 3.27. The summed E-state index contributed by atoms with van der Waals surface area (Å²) < 4.78 is 0. The van der Waals surface area contributed by atoms with Gasteiger partial charge in [0.1, 0.15) is 0 Å². The lowest BCUT2D eigenvalue weighted by Crippen LogP contribution is -2.01. The third-order valence-electron chi connectivity index (χ3n) is 2.36. The first-order chi connectivity index (χ1) is 5.70. The van der Waals surface area contributed by atoms with E-state index in [1.165, 1.54) is 38.5 Å². The Morgan fingerprint density at radius 2 is 1.50 bits per heavy atom. The van der Waals surface area contributed by atoms with E-state index in [2.05, 4.69) is 36.7 Å². The topological polar surface area (TPSA) is 0 Å². The summed E-state index contributed by atoms with van der Waals surface area (Å²) in [7, 11) is 0. The molecule has 0 N–H and O–H groups in total. The maximum Gasteiger partial charge on any atom is 0.0145 e. The van der Waals surface area contributed by atoms with Crippen molar-refractivity contribution in [2.75, 3.05) is 0 Å². The summed E-state index contributed by atoms with van der Waals surface area (Å²) in [6.07, 6.45) is 8.11. The average molecular weight is 235 g/mol. The molecule has 0 nitrogen and oxygen atoms in total. The second-order valence-electron chi connectivity index (χ2n) is 3.86. The highest BCUT2D eigenvalue weighted by molar-refractivity contribution is 9.09. The molecule has 74 valence electrons. The van der Waals surface area contributed by atoms with Gasteiger partial charge in [0.2, 0.25) is 0 Å². The van der Waals surface area contributed by atoms with Crippen LogP contribution in [0.2, 0.25) is 0 Å². The molecule has 0 fully saturated rings. The molecule has 0 saturated heterocycles. The Bertz CT molecular complexity index is 79.0. The van der Waals surface area contributed by atoms with Crippen LogP contribution in [0, 0.1) is 5.92 Å². The van der Waals surface area contributed by atoms with Gasteiger partial charge in [0.05, 0.1) is 0 Å². The van der Waals surface area contributed by atoms with E-state index in [0.717, 1.165) is 10.7 Å². The van der Waals surface area contributed by atoms with E-state index >= 15 is 0 Å². The molecule has 2 unspecified atom stereocenters. The van der Waals surface area contributed by atoms with Crippen LogP contribution in [0.3, 0.4) is 0 Å². The van der Waals surface area contributed by atoms with Gasteiger partial charge in [-0.05, 0) is 25.2 Å². The van der Waals surface area contributed by atoms with E-state index in [0.29, 0.717) is 0 Å². The molecule has 2 atom stereocenters. The summed E-state index contributed by atoms with van der Waals surface area (Å²) in [4.78, 5) is 0.766. The zero-order chi connectivity index (χ0) is 9.40. The summed E-state index contributed by atoms with van der Waals surface area (Å²) in [5.41, 5.74) is 0. The van der Waals surface area contributed by atoms with Gasteiger partial charge in [0.25, 0.3) is 0 Å². The van der Waals surface area contributed by atoms with Crippen LogP contribution in [-0.4, -0.2) is 4.83 Å². The molecule has 12 heavy (non-hydrogen) atoms. The van der Waals surface area contributed by atoms with Crippen LogP contribution in [0.15, 0.2) is 0 Å². The molecular weight excluding hydrogens is 212 g/mol. The standard InChI is InChI=1S/C11H23Br/c1-4-6-10(3)8-9-11(12)7-5-2/h10-11H,4-9H2,1-3H3. The molecule has 0 aliphatic carbocycles. The van der Waals surface area contributed by atoms with Crippen LogP contribution >= 0.6 is 15.9 Å². The molecule has 0 aliphatic rings. The van der Waals surface area contributed by atoms with Gasteiger partial charge in [-0.1, -0.05) is 56.0 Å². The quantitative estimate of drug-likeness (QED) is 0.558. The SMILES string of the molecule is CCCC(C)CCC(Br)CCC. The van der Waals surface area contributed by atoms with Crippen molar-refractivity contribution in [3.05, 3.63) is 0 Å². The lowest BCUT2D eigenvalue weighted by Gasteiger charge is -2.12. The van der Waals surface area contributed by atoms with Gasteiger partial charge >= 0.3 is 0 Å². The highest BCUT2D eigenvalue weighted by atomic mass is 79.9. The van der Waals surface area contributed by atoms with E-state index in [4.69, 9.17) is 0 Å². The molecule has 0 aromatic rings. The number of halogens is 1. The van der Waals surface area contributed by atoms with Crippen LogP contribution in [0.4, 0.5) is 0 Å². The highest BCUT2D eigenvalue weighted by Crippen LogP contribution is 2.19. The Morgan fingerprint density at radius 1 is 0.917 bits per heavy atom. The Hall–Kier alpha value is 0.480. The van der Waals surface area contributed by atoms with Crippen molar-refractivity contribution in [3.63, 3.8) is 0 Å². The molecule has 0 aromatic carbocycles. The smallest absolute Gasteiger partial charge is 0.0145 e.